The highest BCUT2D eigenvalue weighted by molar-refractivity contribution is 7.12. The lowest BCUT2D eigenvalue weighted by Gasteiger charge is -2.21. The van der Waals surface area contributed by atoms with Crippen LogP contribution >= 0.6 is 11.3 Å². The molecule has 0 bridgehead atoms. The molecule has 0 radical (unpaired) electrons. The highest BCUT2D eigenvalue weighted by Gasteiger charge is 2.31. The third-order valence-electron chi connectivity index (χ3n) is 2.88. The molecule has 0 aliphatic carbocycles. The van der Waals surface area contributed by atoms with Gasteiger partial charge < -0.3 is 5.32 Å². The topological polar surface area (TPSA) is 53.5 Å². The van der Waals surface area contributed by atoms with Gasteiger partial charge in [-0.05, 0) is 38.3 Å². The van der Waals surface area contributed by atoms with E-state index in [1.54, 1.807) is 11.3 Å². The Morgan fingerprint density at radius 1 is 1.20 bits per heavy atom. The fourth-order valence-corrected chi connectivity index (χ4v) is 3.02. The average molecular weight is 293 g/mol. The van der Waals surface area contributed by atoms with Crippen molar-refractivity contribution in [2.45, 2.75) is 58.5 Å². The molecule has 2 heterocycles. The molecule has 1 aromatic heterocycles. The Hall–Kier alpha value is -1.36. The van der Waals surface area contributed by atoms with Crippen molar-refractivity contribution in [3.8, 4) is 0 Å². The summed E-state index contributed by atoms with van der Waals surface area (Å²) in [5, 5.41) is 6.02. The average Bonchev–Trinajstić information content (AvgIpc) is 2.81. The summed E-state index contributed by atoms with van der Waals surface area (Å²) in [6, 6.07) is 3.69. The van der Waals surface area contributed by atoms with E-state index in [2.05, 4.69) is 42.5 Å². The molecule has 1 atom stereocenters. The van der Waals surface area contributed by atoms with Gasteiger partial charge in [0.2, 0.25) is 0 Å². The van der Waals surface area contributed by atoms with Gasteiger partial charge in [0, 0.05) is 15.3 Å². The summed E-state index contributed by atoms with van der Waals surface area (Å²) in [5.74, 6) is 0.511. The number of aliphatic imine (C=N–C) groups is 1. The van der Waals surface area contributed by atoms with Gasteiger partial charge in [0.1, 0.15) is 0 Å². The van der Waals surface area contributed by atoms with Crippen molar-refractivity contribution in [3.05, 3.63) is 21.9 Å². The minimum absolute atomic E-state index is 0.0564. The molecule has 2 rings (SSSR count). The smallest absolute Gasteiger partial charge is 0.257 e. The highest BCUT2D eigenvalue weighted by atomic mass is 32.1. The van der Waals surface area contributed by atoms with Crippen LogP contribution in [-0.4, -0.2) is 17.4 Å². The highest BCUT2D eigenvalue weighted by Crippen LogP contribution is 2.34. The van der Waals surface area contributed by atoms with Gasteiger partial charge in [-0.1, -0.05) is 20.8 Å². The Kier molecular flexibility index (Phi) is 3.67. The van der Waals surface area contributed by atoms with Crippen LogP contribution in [0.2, 0.25) is 0 Å². The standard InChI is InChI=1S/C15H23N3OS/c1-14(2,3)10-8-7-9(20-10)11-12(19)17-13(16-11)18-15(4,5)6/h7-8,11H,1-6H3,(H2,16,17,18,19). The van der Waals surface area contributed by atoms with Crippen LogP contribution in [0.5, 0.6) is 0 Å². The van der Waals surface area contributed by atoms with E-state index in [0.717, 1.165) is 4.88 Å². The summed E-state index contributed by atoms with van der Waals surface area (Å²) in [6.45, 7) is 12.6. The molecule has 1 aliphatic rings. The maximum absolute atomic E-state index is 12.1. The number of amides is 1. The third-order valence-corrected chi connectivity index (χ3v) is 4.44. The predicted molar refractivity (Wildman–Crippen MR) is 84.2 cm³/mol. The Morgan fingerprint density at radius 2 is 1.85 bits per heavy atom. The molecule has 0 aromatic carbocycles. The van der Waals surface area contributed by atoms with Crippen molar-refractivity contribution in [1.29, 1.82) is 0 Å². The van der Waals surface area contributed by atoms with Crippen molar-refractivity contribution in [2.75, 3.05) is 0 Å². The summed E-state index contributed by atoms with van der Waals surface area (Å²) in [4.78, 5) is 18.8. The van der Waals surface area contributed by atoms with Crippen LogP contribution in [0, 0.1) is 0 Å². The van der Waals surface area contributed by atoms with Gasteiger partial charge >= 0.3 is 0 Å². The van der Waals surface area contributed by atoms with E-state index in [9.17, 15) is 4.79 Å². The van der Waals surface area contributed by atoms with Crippen LogP contribution in [0.25, 0.3) is 0 Å². The lowest BCUT2D eigenvalue weighted by atomic mass is 9.95. The molecule has 4 nitrogen and oxygen atoms in total. The molecular formula is C15H23N3OS. The molecule has 1 aromatic rings. The molecule has 1 amide bonds. The number of guanidine groups is 1. The van der Waals surface area contributed by atoms with Crippen molar-refractivity contribution in [2.24, 2.45) is 4.99 Å². The van der Waals surface area contributed by atoms with E-state index >= 15 is 0 Å². The number of nitrogens with one attached hydrogen (secondary N) is 2. The normalized spacial score (nSPS) is 19.8. The SMILES string of the molecule is CC(C)(C)NC1=NC(c2ccc(C(C)(C)C)s2)C(=O)N1. The summed E-state index contributed by atoms with van der Waals surface area (Å²) >= 11 is 1.67. The molecule has 0 fully saturated rings. The monoisotopic (exact) mass is 293 g/mol. The van der Waals surface area contributed by atoms with Crippen LogP contribution in [0.15, 0.2) is 17.1 Å². The van der Waals surface area contributed by atoms with E-state index in [1.807, 2.05) is 26.8 Å². The van der Waals surface area contributed by atoms with E-state index in [-0.39, 0.29) is 16.9 Å². The zero-order valence-electron chi connectivity index (χ0n) is 13.0. The number of nitrogens with zero attached hydrogens (tertiary/aromatic N) is 1. The van der Waals surface area contributed by atoms with E-state index in [4.69, 9.17) is 0 Å². The van der Waals surface area contributed by atoms with Crippen molar-refractivity contribution < 1.29 is 4.79 Å². The number of hydrogen-bond acceptors (Lipinski definition) is 4. The molecule has 110 valence electrons. The second kappa shape index (κ2) is 4.88. The minimum atomic E-state index is -0.416. The summed E-state index contributed by atoms with van der Waals surface area (Å²) in [5.41, 5.74) is -0.0127. The van der Waals surface area contributed by atoms with Gasteiger partial charge in [0.25, 0.3) is 5.91 Å². The van der Waals surface area contributed by atoms with E-state index < -0.39 is 6.04 Å². The molecule has 5 heteroatoms. The molecule has 20 heavy (non-hydrogen) atoms. The maximum Gasteiger partial charge on any atom is 0.257 e. The van der Waals surface area contributed by atoms with Crippen LogP contribution in [0.1, 0.15) is 57.3 Å². The zero-order chi connectivity index (χ0) is 15.1. The van der Waals surface area contributed by atoms with E-state index in [1.165, 1.54) is 4.88 Å². The number of carbonyl (C=O) groups is 1. The first-order valence-electron chi connectivity index (χ1n) is 6.83. The van der Waals surface area contributed by atoms with Gasteiger partial charge in [-0.25, -0.2) is 4.99 Å². The minimum Gasteiger partial charge on any atom is -0.351 e. The molecule has 0 saturated heterocycles. The lowest BCUT2D eigenvalue weighted by Crippen LogP contribution is -2.46. The van der Waals surface area contributed by atoms with Gasteiger partial charge in [-0.2, -0.15) is 0 Å². The van der Waals surface area contributed by atoms with Gasteiger partial charge in [0.15, 0.2) is 12.0 Å². The largest absolute Gasteiger partial charge is 0.351 e. The molecule has 0 spiro atoms. The fourth-order valence-electron chi connectivity index (χ4n) is 1.92. The predicted octanol–water partition coefficient (Wildman–Crippen LogP) is 2.96. The van der Waals surface area contributed by atoms with Crippen LogP contribution < -0.4 is 10.6 Å². The Labute approximate surface area is 124 Å². The quantitative estimate of drug-likeness (QED) is 0.836. The first-order valence-corrected chi connectivity index (χ1v) is 7.65. The van der Waals surface area contributed by atoms with Crippen molar-refractivity contribution in [1.82, 2.24) is 10.6 Å². The summed E-state index contributed by atoms with van der Waals surface area (Å²) in [6.07, 6.45) is 0. The molecular weight excluding hydrogens is 270 g/mol. The van der Waals surface area contributed by atoms with Gasteiger partial charge in [0.05, 0.1) is 0 Å². The zero-order valence-corrected chi connectivity index (χ0v) is 13.8. The first-order chi connectivity index (χ1) is 9.06. The van der Waals surface area contributed by atoms with Crippen molar-refractivity contribution >= 4 is 23.2 Å². The van der Waals surface area contributed by atoms with E-state index in [0.29, 0.717) is 5.96 Å². The van der Waals surface area contributed by atoms with Crippen LogP contribution in [0.3, 0.4) is 0 Å². The summed E-state index contributed by atoms with van der Waals surface area (Å²) < 4.78 is 0. The number of rotatable bonds is 1. The fraction of sp³-hybridized carbons (Fsp3) is 0.600. The number of thiophene rings is 1. The third kappa shape index (κ3) is 3.39. The Bertz CT molecular complexity index is 546. The second-order valence-corrected chi connectivity index (χ2v) is 8.31. The number of carbonyl (C=O) groups excluding carboxylic acids is 1. The maximum atomic E-state index is 12.1. The van der Waals surface area contributed by atoms with Gasteiger partial charge in [-0.3, -0.25) is 10.1 Å². The second-order valence-electron chi connectivity index (χ2n) is 7.20. The summed E-state index contributed by atoms with van der Waals surface area (Å²) in [7, 11) is 0. The molecule has 1 aliphatic heterocycles. The van der Waals surface area contributed by atoms with Crippen molar-refractivity contribution in [3.63, 3.8) is 0 Å². The Morgan fingerprint density at radius 3 is 2.35 bits per heavy atom. The molecule has 1 unspecified atom stereocenters. The van der Waals surface area contributed by atoms with Crippen LogP contribution in [0.4, 0.5) is 0 Å². The molecule has 2 N–H and O–H groups in total. The van der Waals surface area contributed by atoms with Gasteiger partial charge in [-0.15, -0.1) is 11.3 Å². The Balaban J connectivity index is 2.21. The number of hydrogen-bond donors (Lipinski definition) is 2. The van der Waals surface area contributed by atoms with Crippen LogP contribution in [-0.2, 0) is 10.2 Å². The molecule has 0 saturated carbocycles. The first kappa shape index (κ1) is 15.0. The lowest BCUT2D eigenvalue weighted by molar-refractivity contribution is -0.120.